The number of carbonyl (C=O) groups is 2. The first-order valence-corrected chi connectivity index (χ1v) is 7.22. The van der Waals surface area contributed by atoms with Crippen LogP contribution in [0.4, 0.5) is 0 Å². The molecule has 1 heterocycles. The maximum Gasteiger partial charge on any atom is 0.246 e. The van der Waals surface area contributed by atoms with E-state index in [1.165, 1.54) is 17.7 Å². The van der Waals surface area contributed by atoms with Crippen molar-refractivity contribution in [2.75, 3.05) is 6.54 Å². The van der Waals surface area contributed by atoms with Crippen LogP contribution in [0.5, 0.6) is 0 Å². The Morgan fingerprint density at radius 2 is 2.11 bits per heavy atom. The standard InChI is InChI=1S/C14H24N2O2/c1-3-7-16-13(17)9-12(14(16)18)15-11-6-4-5-10(2)8-11/h10-12,15H,3-9H2,1-2H3. The van der Waals surface area contributed by atoms with Crippen LogP contribution in [0.2, 0.25) is 0 Å². The van der Waals surface area contributed by atoms with Gasteiger partial charge in [0.15, 0.2) is 0 Å². The predicted octanol–water partition coefficient (Wildman–Crippen LogP) is 1.69. The third-order valence-corrected chi connectivity index (χ3v) is 4.06. The van der Waals surface area contributed by atoms with Crippen LogP contribution < -0.4 is 5.32 Å². The van der Waals surface area contributed by atoms with E-state index in [1.807, 2.05) is 6.92 Å². The Bertz CT molecular complexity index is 330. The summed E-state index contributed by atoms with van der Waals surface area (Å²) in [7, 11) is 0. The van der Waals surface area contributed by atoms with Crippen molar-refractivity contribution in [1.82, 2.24) is 10.2 Å². The summed E-state index contributed by atoms with van der Waals surface area (Å²) in [5.41, 5.74) is 0. The average Bonchev–Trinajstić information content (AvgIpc) is 2.57. The summed E-state index contributed by atoms with van der Waals surface area (Å²) < 4.78 is 0. The zero-order chi connectivity index (χ0) is 13.1. The molecule has 4 nitrogen and oxygen atoms in total. The van der Waals surface area contributed by atoms with Gasteiger partial charge < -0.3 is 5.32 Å². The van der Waals surface area contributed by atoms with Crippen molar-refractivity contribution in [3.63, 3.8) is 0 Å². The lowest BCUT2D eigenvalue weighted by Gasteiger charge is -2.29. The maximum atomic E-state index is 12.1. The number of nitrogens with one attached hydrogen (secondary N) is 1. The van der Waals surface area contributed by atoms with Gasteiger partial charge in [0.25, 0.3) is 0 Å². The number of carbonyl (C=O) groups excluding carboxylic acids is 2. The third-order valence-electron chi connectivity index (χ3n) is 4.06. The fraction of sp³-hybridized carbons (Fsp3) is 0.857. The van der Waals surface area contributed by atoms with Crippen LogP contribution in [0, 0.1) is 5.92 Å². The third kappa shape index (κ3) is 2.91. The quantitative estimate of drug-likeness (QED) is 0.775. The summed E-state index contributed by atoms with van der Waals surface area (Å²) in [6.45, 7) is 4.82. The van der Waals surface area contributed by atoms with Crippen LogP contribution in [0.1, 0.15) is 52.4 Å². The van der Waals surface area contributed by atoms with E-state index in [2.05, 4.69) is 12.2 Å². The number of imide groups is 1. The second-order valence-corrected chi connectivity index (χ2v) is 5.78. The van der Waals surface area contributed by atoms with Crippen LogP contribution in [0.3, 0.4) is 0 Å². The summed E-state index contributed by atoms with van der Waals surface area (Å²) in [5, 5.41) is 3.40. The van der Waals surface area contributed by atoms with Gasteiger partial charge in [0.2, 0.25) is 11.8 Å². The predicted molar refractivity (Wildman–Crippen MR) is 70.0 cm³/mol. The highest BCUT2D eigenvalue weighted by molar-refractivity contribution is 6.05. The van der Waals surface area contributed by atoms with Crippen molar-refractivity contribution in [3.8, 4) is 0 Å². The van der Waals surface area contributed by atoms with Crippen LogP contribution >= 0.6 is 0 Å². The molecule has 3 unspecified atom stereocenters. The first-order valence-electron chi connectivity index (χ1n) is 7.22. The maximum absolute atomic E-state index is 12.1. The summed E-state index contributed by atoms with van der Waals surface area (Å²) in [6.07, 6.45) is 5.97. The van der Waals surface area contributed by atoms with Crippen molar-refractivity contribution in [1.29, 1.82) is 0 Å². The van der Waals surface area contributed by atoms with Gasteiger partial charge in [0, 0.05) is 12.6 Å². The Morgan fingerprint density at radius 1 is 1.33 bits per heavy atom. The number of rotatable bonds is 4. The number of hydrogen-bond donors (Lipinski definition) is 1. The topological polar surface area (TPSA) is 49.4 Å². The van der Waals surface area contributed by atoms with Gasteiger partial charge in [-0.3, -0.25) is 14.5 Å². The summed E-state index contributed by atoms with van der Waals surface area (Å²) >= 11 is 0. The minimum absolute atomic E-state index is 0.0109. The molecule has 18 heavy (non-hydrogen) atoms. The van der Waals surface area contributed by atoms with E-state index in [0.29, 0.717) is 19.0 Å². The number of hydrogen-bond acceptors (Lipinski definition) is 3. The number of likely N-dealkylation sites (tertiary alicyclic amines) is 1. The zero-order valence-electron chi connectivity index (χ0n) is 11.4. The largest absolute Gasteiger partial charge is 0.303 e. The van der Waals surface area contributed by atoms with Gasteiger partial charge in [-0.05, 0) is 25.2 Å². The molecule has 0 aromatic rings. The molecule has 0 radical (unpaired) electrons. The molecule has 2 fully saturated rings. The van der Waals surface area contributed by atoms with E-state index >= 15 is 0 Å². The molecule has 2 aliphatic rings. The van der Waals surface area contributed by atoms with Crippen molar-refractivity contribution in [2.45, 2.75) is 64.5 Å². The smallest absolute Gasteiger partial charge is 0.246 e. The fourth-order valence-electron chi connectivity index (χ4n) is 3.14. The molecule has 102 valence electrons. The van der Waals surface area contributed by atoms with E-state index in [0.717, 1.165) is 25.2 Å². The molecular formula is C14H24N2O2. The molecule has 1 saturated heterocycles. The Balaban J connectivity index is 1.90. The number of amides is 2. The summed E-state index contributed by atoms with van der Waals surface area (Å²) in [6, 6.07) is 0.149. The van der Waals surface area contributed by atoms with Crippen LogP contribution in [0.15, 0.2) is 0 Å². The highest BCUT2D eigenvalue weighted by atomic mass is 16.2. The highest BCUT2D eigenvalue weighted by Crippen LogP contribution is 2.25. The Labute approximate surface area is 109 Å². The molecule has 4 heteroatoms. The van der Waals surface area contributed by atoms with Crippen molar-refractivity contribution in [3.05, 3.63) is 0 Å². The monoisotopic (exact) mass is 252 g/mol. The normalized spacial score (nSPS) is 33.2. The van der Waals surface area contributed by atoms with E-state index in [9.17, 15) is 9.59 Å². The molecule has 2 amide bonds. The summed E-state index contributed by atoms with van der Waals surface area (Å²) in [4.78, 5) is 25.3. The first-order chi connectivity index (χ1) is 8.61. The number of nitrogens with zero attached hydrogens (tertiary/aromatic N) is 1. The molecule has 0 spiro atoms. The van der Waals surface area contributed by atoms with Crippen molar-refractivity contribution in [2.24, 2.45) is 5.92 Å². The second kappa shape index (κ2) is 5.83. The lowest BCUT2D eigenvalue weighted by molar-refractivity contribution is -0.138. The van der Waals surface area contributed by atoms with Gasteiger partial charge in [-0.15, -0.1) is 0 Å². The molecule has 3 atom stereocenters. The van der Waals surface area contributed by atoms with E-state index in [-0.39, 0.29) is 17.9 Å². The molecule has 0 aromatic heterocycles. The lowest BCUT2D eigenvalue weighted by atomic mass is 9.86. The highest BCUT2D eigenvalue weighted by Gasteiger charge is 2.39. The van der Waals surface area contributed by atoms with Gasteiger partial charge in [0.1, 0.15) is 0 Å². The molecule has 1 aliphatic heterocycles. The van der Waals surface area contributed by atoms with Gasteiger partial charge in [-0.1, -0.05) is 26.7 Å². The minimum Gasteiger partial charge on any atom is -0.303 e. The van der Waals surface area contributed by atoms with Crippen molar-refractivity contribution < 1.29 is 9.59 Å². The first kappa shape index (κ1) is 13.5. The SMILES string of the molecule is CCCN1C(=O)CC(NC2CCCC(C)C2)C1=O. The molecule has 2 rings (SSSR count). The van der Waals surface area contributed by atoms with Crippen molar-refractivity contribution >= 4 is 11.8 Å². The van der Waals surface area contributed by atoms with Crippen LogP contribution in [-0.2, 0) is 9.59 Å². The molecule has 0 aromatic carbocycles. The van der Waals surface area contributed by atoms with E-state index in [1.54, 1.807) is 0 Å². The van der Waals surface area contributed by atoms with Gasteiger partial charge in [-0.25, -0.2) is 0 Å². The second-order valence-electron chi connectivity index (χ2n) is 5.78. The Hall–Kier alpha value is -0.900. The fourth-order valence-corrected chi connectivity index (χ4v) is 3.14. The van der Waals surface area contributed by atoms with Crippen LogP contribution in [0.25, 0.3) is 0 Å². The minimum atomic E-state index is -0.264. The zero-order valence-corrected chi connectivity index (χ0v) is 11.4. The molecule has 0 bridgehead atoms. The molecule has 1 aliphatic carbocycles. The lowest BCUT2D eigenvalue weighted by Crippen LogP contribution is -2.45. The average molecular weight is 252 g/mol. The van der Waals surface area contributed by atoms with Gasteiger partial charge in [-0.2, -0.15) is 0 Å². The van der Waals surface area contributed by atoms with E-state index in [4.69, 9.17) is 0 Å². The molecule has 1 saturated carbocycles. The van der Waals surface area contributed by atoms with Gasteiger partial charge >= 0.3 is 0 Å². The summed E-state index contributed by atoms with van der Waals surface area (Å²) in [5.74, 6) is 0.707. The molecular weight excluding hydrogens is 228 g/mol. The Morgan fingerprint density at radius 3 is 2.78 bits per heavy atom. The van der Waals surface area contributed by atoms with E-state index < -0.39 is 0 Å². The molecule has 1 N–H and O–H groups in total. The Kier molecular flexibility index (Phi) is 4.38. The van der Waals surface area contributed by atoms with Gasteiger partial charge in [0.05, 0.1) is 12.5 Å². The van der Waals surface area contributed by atoms with Crippen LogP contribution in [-0.4, -0.2) is 35.3 Å².